The quantitative estimate of drug-likeness (QED) is 0.906. The second-order valence-electron chi connectivity index (χ2n) is 5.65. The largest absolute Gasteiger partial charge is 0.388 e. The number of aryl methyl sites for hydroxylation is 2. The number of hydrogen-bond acceptors (Lipinski definition) is 2. The van der Waals surface area contributed by atoms with E-state index in [1.165, 1.54) is 5.56 Å². The van der Waals surface area contributed by atoms with Gasteiger partial charge in [0, 0.05) is 19.2 Å². The maximum atomic E-state index is 10.4. The highest BCUT2D eigenvalue weighted by molar-refractivity contribution is 5.27. The average Bonchev–Trinajstić information content (AvgIpc) is 2.79. The molecule has 0 amide bonds. The summed E-state index contributed by atoms with van der Waals surface area (Å²) in [5.74, 6) is 0.519. The number of aliphatic hydroxyl groups is 1. The molecule has 0 radical (unpaired) electrons. The topological polar surface area (TPSA) is 38.0 Å². The van der Waals surface area contributed by atoms with E-state index in [0.29, 0.717) is 12.3 Å². The van der Waals surface area contributed by atoms with Crippen LogP contribution in [0, 0.1) is 0 Å². The molecule has 0 bridgehead atoms. The number of nitrogens with zero attached hydrogens (tertiary/aromatic N) is 2. The van der Waals surface area contributed by atoms with Crippen molar-refractivity contribution in [2.24, 2.45) is 7.05 Å². The molecule has 0 fully saturated rings. The van der Waals surface area contributed by atoms with Crippen molar-refractivity contribution in [3.63, 3.8) is 0 Å². The smallest absolute Gasteiger partial charge is 0.0845 e. The van der Waals surface area contributed by atoms with Gasteiger partial charge in [0.05, 0.1) is 11.8 Å². The van der Waals surface area contributed by atoms with Crippen molar-refractivity contribution in [2.45, 2.75) is 45.6 Å². The van der Waals surface area contributed by atoms with Crippen molar-refractivity contribution >= 4 is 0 Å². The molecule has 0 spiro atoms. The lowest BCUT2D eigenvalue weighted by atomic mass is 9.98. The Morgan fingerprint density at radius 1 is 1.15 bits per heavy atom. The SMILES string of the molecule is CCc1cc(CC(O)c2ccc(C(C)C)cc2)n(C)n1. The minimum atomic E-state index is -0.476. The van der Waals surface area contributed by atoms with Crippen LogP contribution in [0.15, 0.2) is 30.3 Å². The Balaban J connectivity index is 2.10. The van der Waals surface area contributed by atoms with Gasteiger partial charge in [-0.25, -0.2) is 0 Å². The van der Waals surface area contributed by atoms with E-state index in [1.54, 1.807) is 0 Å². The molecule has 1 atom stereocenters. The van der Waals surface area contributed by atoms with Crippen LogP contribution in [0.4, 0.5) is 0 Å². The van der Waals surface area contributed by atoms with Crippen molar-refractivity contribution < 1.29 is 5.11 Å². The molecule has 3 heteroatoms. The molecule has 0 aliphatic heterocycles. The van der Waals surface area contributed by atoms with Crippen molar-refractivity contribution in [3.05, 3.63) is 52.8 Å². The Kier molecular flexibility index (Phi) is 4.61. The molecule has 108 valence electrons. The van der Waals surface area contributed by atoms with Gasteiger partial charge in [-0.05, 0) is 29.5 Å². The predicted molar refractivity (Wildman–Crippen MR) is 81.8 cm³/mol. The molecule has 3 nitrogen and oxygen atoms in total. The molecule has 0 saturated carbocycles. The molecule has 1 unspecified atom stereocenters. The summed E-state index contributed by atoms with van der Waals surface area (Å²) in [6.07, 6.45) is 1.05. The van der Waals surface area contributed by atoms with Gasteiger partial charge < -0.3 is 5.11 Å². The maximum Gasteiger partial charge on any atom is 0.0845 e. The molecule has 20 heavy (non-hydrogen) atoms. The first-order chi connectivity index (χ1) is 9.51. The Hall–Kier alpha value is -1.61. The van der Waals surface area contributed by atoms with Gasteiger partial charge in [-0.3, -0.25) is 4.68 Å². The average molecular weight is 272 g/mol. The highest BCUT2D eigenvalue weighted by Crippen LogP contribution is 2.21. The van der Waals surface area contributed by atoms with E-state index in [9.17, 15) is 5.11 Å². The van der Waals surface area contributed by atoms with E-state index >= 15 is 0 Å². The van der Waals surface area contributed by atoms with Gasteiger partial charge in [-0.2, -0.15) is 5.10 Å². The Labute approximate surface area is 121 Å². The van der Waals surface area contributed by atoms with Crippen LogP contribution in [-0.4, -0.2) is 14.9 Å². The first kappa shape index (κ1) is 14.8. The van der Waals surface area contributed by atoms with E-state index in [-0.39, 0.29) is 0 Å². The Morgan fingerprint density at radius 3 is 2.25 bits per heavy atom. The summed E-state index contributed by atoms with van der Waals surface area (Å²) in [7, 11) is 1.93. The third-order valence-electron chi connectivity index (χ3n) is 3.78. The molecule has 0 aliphatic rings. The summed E-state index contributed by atoms with van der Waals surface area (Å²) in [4.78, 5) is 0. The molecule has 1 N–H and O–H groups in total. The summed E-state index contributed by atoms with van der Waals surface area (Å²) in [5.41, 5.74) is 4.41. The fourth-order valence-electron chi connectivity index (χ4n) is 2.35. The standard InChI is InChI=1S/C17H24N2O/c1-5-15-10-16(19(4)18-15)11-17(20)14-8-6-13(7-9-14)12(2)3/h6-10,12,17,20H,5,11H2,1-4H3. The molecule has 0 aliphatic carbocycles. The van der Waals surface area contributed by atoms with Gasteiger partial charge >= 0.3 is 0 Å². The highest BCUT2D eigenvalue weighted by atomic mass is 16.3. The number of aliphatic hydroxyl groups excluding tert-OH is 1. The maximum absolute atomic E-state index is 10.4. The third-order valence-corrected chi connectivity index (χ3v) is 3.78. The van der Waals surface area contributed by atoms with Crippen LogP contribution < -0.4 is 0 Å². The van der Waals surface area contributed by atoms with Crippen molar-refractivity contribution in [1.29, 1.82) is 0 Å². The highest BCUT2D eigenvalue weighted by Gasteiger charge is 2.12. The summed E-state index contributed by atoms with van der Waals surface area (Å²) in [6.45, 7) is 6.44. The molecular formula is C17H24N2O. The number of benzene rings is 1. The van der Waals surface area contributed by atoms with Gasteiger partial charge in [0.2, 0.25) is 0 Å². The molecule has 1 aromatic heterocycles. The van der Waals surface area contributed by atoms with Crippen LogP contribution in [0.25, 0.3) is 0 Å². The summed E-state index contributed by atoms with van der Waals surface area (Å²) in [5, 5.41) is 14.8. The molecule has 0 saturated heterocycles. The fraction of sp³-hybridized carbons (Fsp3) is 0.471. The number of hydrogen-bond donors (Lipinski definition) is 1. The van der Waals surface area contributed by atoms with Crippen LogP contribution in [0.3, 0.4) is 0 Å². The van der Waals surface area contributed by atoms with Crippen molar-refractivity contribution in [3.8, 4) is 0 Å². The van der Waals surface area contributed by atoms with Crippen LogP contribution >= 0.6 is 0 Å². The lowest BCUT2D eigenvalue weighted by molar-refractivity contribution is 0.176. The van der Waals surface area contributed by atoms with Crippen LogP contribution in [0.2, 0.25) is 0 Å². The zero-order valence-electron chi connectivity index (χ0n) is 12.8. The summed E-state index contributed by atoms with van der Waals surface area (Å²) < 4.78 is 1.87. The fourth-order valence-corrected chi connectivity index (χ4v) is 2.35. The van der Waals surface area contributed by atoms with E-state index in [2.05, 4.69) is 44.1 Å². The molecular weight excluding hydrogens is 248 g/mol. The van der Waals surface area contributed by atoms with Gasteiger partial charge in [0.25, 0.3) is 0 Å². The van der Waals surface area contributed by atoms with Crippen molar-refractivity contribution in [2.75, 3.05) is 0 Å². The second-order valence-corrected chi connectivity index (χ2v) is 5.65. The molecule has 1 heterocycles. The van der Waals surface area contributed by atoms with Gasteiger partial charge in [0.15, 0.2) is 0 Å². The Morgan fingerprint density at radius 2 is 1.75 bits per heavy atom. The predicted octanol–water partition coefficient (Wildman–Crippen LogP) is 3.38. The van der Waals surface area contributed by atoms with Crippen LogP contribution in [0.1, 0.15) is 55.3 Å². The normalized spacial score (nSPS) is 12.9. The van der Waals surface area contributed by atoms with E-state index in [1.807, 2.05) is 23.9 Å². The van der Waals surface area contributed by atoms with Gasteiger partial charge in [-0.15, -0.1) is 0 Å². The second kappa shape index (κ2) is 6.23. The zero-order chi connectivity index (χ0) is 14.7. The van der Waals surface area contributed by atoms with Crippen LogP contribution in [-0.2, 0) is 19.9 Å². The van der Waals surface area contributed by atoms with Gasteiger partial charge in [-0.1, -0.05) is 45.0 Å². The van der Waals surface area contributed by atoms with E-state index in [4.69, 9.17) is 0 Å². The number of aromatic nitrogens is 2. The number of rotatable bonds is 5. The molecule has 2 aromatic rings. The third kappa shape index (κ3) is 3.28. The summed E-state index contributed by atoms with van der Waals surface area (Å²) in [6, 6.07) is 10.3. The summed E-state index contributed by atoms with van der Waals surface area (Å²) >= 11 is 0. The van der Waals surface area contributed by atoms with E-state index < -0.39 is 6.10 Å². The lowest BCUT2D eigenvalue weighted by Gasteiger charge is -2.13. The Bertz CT molecular complexity index is 555. The first-order valence-electron chi connectivity index (χ1n) is 7.31. The molecule has 2 rings (SSSR count). The molecule has 1 aromatic carbocycles. The first-order valence-corrected chi connectivity index (χ1v) is 7.31. The van der Waals surface area contributed by atoms with E-state index in [0.717, 1.165) is 23.4 Å². The zero-order valence-corrected chi connectivity index (χ0v) is 12.8. The lowest BCUT2D eigenvalue weighted by Crippen LogP contribution is -2.06. The minimum Gasteiger partial charge on any atom is -0.388 e. The minimum absolute atomic E-state index is 0.476. The monoisotopic (exact) mass is 272 g/mol. The van der Waals surface area contributed by atoms with Crippen molar-refractivity contribution in [1.82, 2.24) is 9.78 Å². The van der Waals surface area contributed by atoms with Crippen LogP contribution in [0.5, 0.6) is 0 Å². The van der Waals surface area contributed by atoms with Gasteiger partial charge in [0.1, 0.15) is 0 Å².